The molecule has 0 saturated carbocycles. The molecule has 0 bridgehead atoms. The number of benzene rings is 2. The molecule has 6 heteroatoms. The quantitative estimate of drug-likeness (QED) is 0.745. The Balaban J connectivity index is 1.61. The van der Waals surface area contributed by atoms with Gasteiger partial charge in [0.05, 0.1) is 18.7 Å². The van der Waals surface area contributed by atoms with Crippen LogP contribution in [0.25, 0.3) is 11.1 Å². The number of aliphatic hydroxyl groups excluding tert-OH is 1. The Kier molecular flexibility index (Phi) is 5.07. The Labute approximate surface area is 167 Å². The van der Waals surface area contributed by atoms with E-state index in [1.807, 2.05) is 12.1 Å². The number of aliphatic hydroxyl groups is 1. The number of carbonyl (C=O) groups excluding carboxylic acids is 1. The first kappa shape index (κ1) is 18.8. The zero-order valence-corrected chi connectivity index (χ0v) is 15.4. The molecule has 1 amide bonds. The maximum absolute atomic E-state index is 14.0. The highest BCUT2D eigenvalue weighted by Crippen LogP contribution is 2.41. The van der Waals surface area contributed by atoms with Gasteiger partial charge in [-0.2, -0.15) is 5.26 Å². The van der Waals surface area contributed by atoms with Gasteiger partial charge >= 0.3 is 0 Å². The standard InChI is InChI=1S/C23H18FN3O2/c24-18-6-2-1-5-17(18)15-8-10-16(11-9-15)22-20(13-25)27(21(22)14-28)23(29)19-7-3-4-12-26-19/h1-12,20-22,28H,14H2/t20-,21-,22-/m1/s1. The molecule has 1 N–H and O–H groups in total. The minimum absolute atomic E-state index is 0.236. The first-order chi connectivity index (χ1) is 14.2. The predicted molar refractivity (Wildman–Crippen MR) is 105 cm³/mol. The molecule has 0 unspecified atom stereocenters. The monoisotopic (exact) mass is 387 g/mol. The van der Waals surface area contributed by atoms with Crippen molar-refractivity contribution in [1.29, 1.82) is 5.26 Å². The minimum atomic E-state index is -0.707. The van der Waals surface area contributed by atoms with Gasteiger partial charge in [0.25, 0.3) is 5.91 Å². The fourth-order valence-corrected chi connectivity index (χ4v) is 3.89. The molecular weight excluding hydrogens is 369 g/mol. The van der Waals surface area contributed by atoms with E-state index in [0.29, 0.717) is 5.56 Å². The number of amides is 1. The van der Waals surface area contributed by atoms with Crippen LogP contribution in [0.2, 0.25) is 0 Å². The molecule has 1 saturated heterocycles. The largest absolute Gasteiger partial charge is 0.394 e. The molecule has 4 rings (SSSR count). The lowest BCUT2D eigenvalue weighted by molar-refractivity contribution is -0.00629. The van der Waals surface area contributed by atoms with Crippen LogP contribution in [0.3, 0.4) is 0 Å². The van der Waals surface area contributed by atoms with Gasteiger partial charge < -0.3 is 10.0 Å². The second kappa shape index (κ2) is 7.82. The highest BCUT2D eigenvalue weighted by molar-refractivity contribution is 5.94. The summed E-state index contributed by atoms with van der Waals surface area (Å²) < 4.78 is 14.0. The van der Waals surface area contributed by atoms with Crippen LogP contribution in [0.5, 0.6) is 0 Å². The van der Waals surface area contributed by atoms with E-state index in [1.54, 1.807) is 48.5 Å². The molecule has 3 aromatic rings. The summed E-state index contributed by atoms with van der Waals surface area (Å²) in [6.45, 7) is -0.267. The third-order valence-corrected chi connectivity index (χ3v) is 5.33. The Morgan fingerprint density at radius 1 is 1.10 bits per heavy atom. The highest BCUT2D eigenvalue weighted by Gasteiger charge is 2.52. The summed E-state index contributed by atoms with van der Waals surface area (Å²) in [7, 11) is 0. The van der Waals surface area contributed by atoms with E-state index >= 15 is 0 Å². The van der Waals surface area contributed by atoms with Crippen LogP contribution >= 0.6 is 0 Å². The third kappa shape index (κ3) is 3.26. The number of carbonyl (C=O) groups is 1. The van der Waals surface area contributed by atoms with Crippen molar-refractivity contribution in [1.82, 2.24) is 9.88 Å². The highest BCUT2D eigenvalue weighted by atomic mass is 19.1. The van der Waals surface area contributed by atoms with Crippen molar-refractivity contribution in [2.24, 2.45) is 0 Å². The molecule has 1 fully saturated rings. The summed E-state index contributed by atoms with van der Waals surface area (Å²) in [5.41, 5.74) is 2.28. The van der Waals surface area contributed by atoms with Crippen LogP contribution < -0.4 is 0 Å². The first-order valence-corrected chi connectivity index (χ1v) is 9.24. The molecular formula is C23H18FN3O2. The molecule has 1 aromatic heterocycles. The van der Waals surface area contributed by atoms with Crippen molar-refractivity contribution in [3.05, 3.63) is 90.0 Å². The maximum atomic E-state index is 14.0. The smallest absolute Gasteiger partial charge is 0.273 e. The average Bonchev–Trinajstić information content (AvgIpc) is 2.75. The summed E-state index contributed by atoms with van der Waals surface area (Å²) in [6, 6.07) is 19.7. The Bertz CT molecular complexity index is 1060. The molecule has 5 nitrogen and oxygen atoms in total. The summed E-state index contributed by atoms with van der Waals surface area (Å²) in [5.74, 6) is -1.01. The summed E-state index contributed by atoms with van der Waals surface area (Å²) in [6.07, 6.45) is 1.52. The predicted octanol–water partition coefficient (Wildman–Crippen LogP) is 3.38. The van der Waals surface area contributed by atoms with Crippen LogP contribution in [0.1, 0.15) is 22.0 Å². The van der Waals surface area contributed by atoms with Gasteiger partial charge in [0.2, 0.25) is 0 Å². The van der Waals surface area contributed by atoms with E-state index in [4.69, 9.17) is 0 Å². The van der Waals surface area contributed by atoms with Crippen LogP contribution in [0, 0.1) is 17.1 Å². The van der Waals surface area contributed by atoms with Gasteiger partial charge in [-0.05, 0) is 29.3 Å². The summed E-state index contributed by atoms with van der Waals surface area (Å²) in [5, 5.41) is 19.6. The fraction of sp³-hybridized carbons (Fsp3) is 0.174. The molecule has 1 aliphatic rings. The molecule has 0 spiro atoms. The SMILES string of the molecule is N#C[C@@H]1[C@@H](c2ccc(-c3ccccc3F)cc2)[C@@H](CO)N1C(=O)c1ccccn1. The van der Waals surface area contributed by atoms with Gasteiger partial charge in [0, 0.05) is 17.7 Å². The van der Waals surface area contributed by atoms with E-state index in [0.717, 1.165) is 11.1 Å². The fourth-order valence-electron chi connectivity index (χ4n) is 3.89. The van der Waals surface area contributed by atoms with E-state index in [1.165, 1.54) is 17.2 Å². The van der Waals surface area contributed by atoms with Crippen molar-refractivity contribution in [2.45, 2.75) is 18.0 Å². The minimum Gasteiger partial charge on any atom is -0.394 e. The normalized spacial score (nSPS) is 20.6. The second-order valence-corrected chi connectivity index (χ2v) is 6.88. The molecule has 1 aliphatic heterocycles. The van der Waals surface area contributed by atoms with Crippen LogP contribution in [-0.4, -0.2) is 39.6 Å². The van der Waals surface area contributed by atoms with Gasteiger partial charge in [-0.15, -0.1) is 0 Å². The lowest BCUT2D eigenvalue weighted by Gasteiger charge is -2.51. The van der Waals surface area contributed by atoms with Crippen molar-refractivity contribution < 1.29 is 14.3 Å². The second-order valence-electron chi connectivity index (χ2n) is 6.88. The van der Waals surface area contributed by atoms with Gasteiger partial charge in [-0.3, -0.25) is 9.78 Å². The van der Waals surface area contributed by atoms with Gasteiger partial charge in [0.1, 0.15) is 17.6 Å². The number of rotatable bonds is 4. The number of halogens is 1. The van der Waals surface area contributed by atoms with Gasteiger partial charge in [-0.1, -0.05) is 48.5 Å². The number of hydrogen-bond donors (Lipinski definition) is 1. The zero-order valence-electron chi connectivity index (χ0n) is 15.4. The number of nitriles is 1. The number of aromatic nitrogens is 1. The lowest BCUT2D eigenvalue weighted by Crippen LogP contribution is -2.65. The van der Waals surface area contributed by atoms with Crippen molar-refractivity contribution in [3.8, 4) is 17.2 Å². The Hall–Kier alpha value is -3.56. The van der Waals surface area contributed by atoms with E-state index in [2.05, 4.69) is 11.1 Å². The third-order valence-electron chi connectivity index (χ3n) is 5.33. The molecule has 144 valence electrons. The zero-order chi connectivity index (χ0) is 20.4. The molecule has 0 aliphatic carbocycles. The first-order valence-electron chi connectivity index (χ1n) is 9.24. The van der Waals surface area contributed by atoms with E-state index in [9.17, 15) is 19.6 Å². The van der Waals surface area contributed by atoms with Gasteiger partial charge in [-0.25, -0.2) is 4.39 Å². The molecule has 0 radical (unpaired) electrons. The summed E-state index contributed by atoms with van der Waals surface area (Å²) >= 11 is 0. The van der Waals surface area contributed by atoms with Gasteiger partial charge in [0.15, 0.2) is 0 Å². The van der Waals surface area contributed by atoms with E-state index < -0.39 is 12.1 Å². The topological polar surface area (TPSA) is 77.2 Å². The molecule has 2 heterocycles. The lowest BCUT2D eigenvalue weighted by atomic mass is 9.75. The number of nitrogens with zero attached hydrogens (tertiary/aromatic N) is 3. The Morgan fingerprint density at radius 3 is 2.45 bits per heavy atom. The van der Waals surface area contributed by atoms with Crippen LogP contribution in [-0.2, 0) is 0 Å². The van der Waals surface area contributed by atoms with E-state index in [-0.39, 0.29) is 29.9 Å². The van der Waals surface area contributed by atoms with Crippen LogP contribution in [0.15, 0.2) is 72.9 Å². The number of pyridine rings is 1. The Morgan fingerprint density at radius 2 is 1.83 bits per heavy atom. The number of likely N-dealkylation sites (tertiary alicyclic amines) is 1. The molecule has 2 aromatic carbocycles. The number of hydrogen-bond acceptors (Lipinski definition) is 4. The van der Waals surface area contributed by atoms with Crippen molar-refractivity contribution >= 4 is 5.91 Å². The summed E-state index contributed by atoms with van der Waals surface area (Å²) in [4.78, 5) is 18.2. The van der Waals surface area contributed by atoms with Crippen molar-refractivity contribution in [3.63, 3.8) is 0 Å². The average molecular weight is 387 g/mol. The van der Waals surface area contributed by atoms with Crippen molar-refractivity contribution in [2.75, 3.05) is 6.61 Å². The van der Waals surface area contributed by atoms with Crippen LogP contribution in [0.4, 0.5) is 4.39 Å². The maximum Gasteiger partial charge on any atom is 0.273 e. The molecule has 29 heavy (non-hydrogen) atoms. The molecule has 3 atom stereocenters.